The molecule has 2 nitrogen and oxygen atoms in total. The Hall–Kier alpha value is -7.94. The summed E-state index contributed by atoms with van der Waals surface area (Å²) in [5.74, 6) is 0. The number of para-hydroxylation sites is 3. The minimum absolute atomic E-state index is 0.0245. The van der Waals surface area contributed by atoms with E-state index in [2.05, 4.69) is 299 Å². The normalized spacial score (nSPS) is 12.7. The van der Waals surface area contributed by atoms with Crippen molar-refractivity contribution in [1.29, 1.82) is 0 Å². The van der Waals surface area contributed by atoms with E-state index in [-0.39, 0.29) is 21.7 Å². The van der Waals surface area contributed by atoms with E-state index in [0.717, 1.165) is 17.1 Å². The minimum atomic E-state index is -0.0652. The predicted octanol–water partition coefficient (Wildman–Crippen LogP) is 21.3. The zero-order valence-corrected chi connectivity index (χ0v) is 46.5. The van der Waals surface area contributed by atoms with E-state index in [1.807, 2.05) is 0 Å². The Labute approximate surface area is 450 Å². The second kappa shape index (κ2) is 17.8. The first-order chi connectivity index (χ1) is 36.2. The van der Waals surface area contributed by atoms with E-state index < -0.39 is 0 Å². The smallest absolute Gasteiger partial charge is 0.0541 e. The zero-order valence-electron chi connectivity index (χ0n) is 46.5. The highest BCUT2D eigenvalue weighted by Gasteiger charge is 2.27. The SMILES string of the molecule is CC(C)(C)c1ccc(-c2cc(C(C)(C)C)ccc2N(c2ccccc2-c2ccc(-c3cc(C(C)(C)C)cc(C(C)(C)C)c3)cc2)c2ccc3ccc4c(-n5c6ccccc6c6ccccc65)ccc5ccc2c3c54)cc1. The molecule has 0 aliphatic carbocycles. The molecule has 11 aromatic carbocycles. The molecule has 12 rings (SSSR count). The second-order valence-electron chi connectivity index (χ2n) is 25.5. The molecule has 0 radical (unpaired) electrons. The number of hydrogen-bond acceptors (Lipinski definition) is 1. The number of aromatic nitrogens is 1. The van der Waals surface area contributed by atoms with Gasteiger partial charge in [-0.25, -0.2) is 0 Å². The van der Waals surface area contributed by atoms with Crippen LogP contribution in [0.4, 0.5) is 17.1 Å². The lowest BCUT2D eigenvalue weighted by Crippen LogP contribution is -2.16. The molecular formula is C74H70N2. The first-order valence-corrected chi connectivity index (χ1v) is 27.3. The monoisotopic (exact) mass is 987 g/mol. The van der Waals surface area contributed by atoms with Crippen LogP contribution in [0.25, 0.3) is 93.2 Å². The molecule has 0 N–H and O–H groups in total. The van der Waals surface area contributed by atoms with Crippen LogP contribution in [0.5, 0.6) is 0 Å². The molecule has 0 saturated carbocycles. The zero-order chi connectivity index (χ0) is 53.1. The molecule has 0 atom stereocenters. The van der Waals surface area contributed by atoms with Crippen LogP contribution in [0.15, 0.2) is 206 Å². The van der Waals surface area contributed by atoms with Gasteiger partial charge in [0, 0.05) is 32.7 Å². The molecule has 0 unspecified atom stereocenters. The van der Waals surface area contributed by atoms with Gasteiger partial charge in [-0.1, -0.05) is 247 Å². The number of rotatable bonds is 7. The Morgan fingerprint density at radius 2 is 0.737 bits per heavy atom. The molecule has 0 saturated heterocycles. The molecule has 0 aliphatic rings. The summed E-state index contributed by atoms with van der Waals surface area (Å²) in [4.78, 5) is 2.57. The third-order valence-electron chi connectivity index (χ3n) is 16.2. The van der Waals surface area contributed by atoms with E-state index in [9.17, 15) is 0 Å². The van der Waals surface area contributed by atoms with E-state index in [1.54, 1.807) is 0 Å². The molecule has 1 aromatic heterocycles. The van der Waals surface area contributed by atoms with Crippen molar-refractivity contribution in [2.45, 2.75) is 105 Å². The summed E-state index contributed by atoms with van der Waals surface area (Å²) in [5, 5.41) is 10.00. The summed E-state index contributed by atoms with van der Waals surface area (Å²) in [7, 11) is 0. The summed E-state index contributed by atoms with van der Waals surface area (Å²) in [6.45, 7) is 27.8. The highest BCUT2D eigenvalue weighted by atomic mass is 15.1. The Bertz CT molecular complexity index is 4090. The molecule has 2 heteroatoms. The third-order valence-corrected chi connectivity index (χ3v) is 16.2. The van der Waals surface area contributed by atoms with Crippen LogP contribution in [0, 0.1) is 0 Å². The van der Waals surface area contributed by atoms with Gasteiger partial charge in [0.15, 0.2) is 0 Å². The minimum Gasteiger partial charge on any atom is -0.309 e. The van der Waals surface area contributed by atoms with Gasteiger partial charge in [0.05, 0.1) is 33.8 Å². The maximum atomic E-state index is 2.57. The van der Waals surface area contributed by atoms with Crippen LogP contribution < -0.4 is 4.90 Å². The van der Waals surface area contributed by atoms with Crippen molar-refractivity contribution in [3.63, 3.8) is 0 Å². The lowest BCUT2D eigenvalue weighted by atomic mass is 9.79. The highest BCUT2D eigenvalue weighted by molar-refractivity contribution is 6.28. The molecule has 0 fully saturated rings. The van der Waals surface area contributed by atoms with Gasteiger partial charge in [-0.05, 0) is 130 Å². The van der Waals surface area contributed by atoms with Gasteiger partial charge in [-0.3, -0.25) is 0 Å². The quantitative estimate of drug-likeness (QED) is 0.145. The first-order valence-electron chi connectivity index (χ1n) is 27.3. The van der Waals surface area contributed by atoms with Crippen LogP contribution in [0.2, 0.25) is 0 Å². The topological polar surface area (TPSA) is 8.17 Å². The maximum absolute atomic E-state index is 2.57. The van der Waals surface area contributed by atoms with Gasteiger partial charge in [0.1, 0.15) is 0 Å². The van der Waals surface area contributed by atoms with Crippen molar-refractivity contribution in [2.75, 3.05) is 4.90 Å². The van der Waals surface area contributed by atoms with E-state index >= 15 is 0 Å². The Morgan fingerprint density at radius 3 is 1.34 bits per heavy atom. The summed E-state index contributed by atoms with van der Waals surface area (Å²) in [6.07, 6.45) is 0. The average Bonchev–Trinajstić information content (AvgIpc) is 3.79. The van der Waals surface area contributed by atoms with Gasteiger partial charge in [-0.15, -0.1) is 0 Å². The third kappa shape index (κ3) is 8.44. The van der Waals surface area contributed by atoms with Crippen molar-refractivity contribution in [2.24, 2.45) is 0 Å². The predicted molar refractivity (Wildman–Crippen MR) is 330 cm³/mol. The van der Waals surface area contributed by atoms with Crippen LogP contribution in [-0.2, 0) is 21.7 Å². The van der Waals surface area contributed by atoms with Crippen molar-refractivity contribution >= 4 is 71.2 Å². The lowest BCUT2D eigenvalue weighted by Gasteiger charge is -2.32. The average molecular weight is 987 g/mol. The molecular weight excluding hydrogens is 917 g/mol. The number of fused-ring (bicyclic) bond motifs is 3. The van der Waals surface area contributed by atoms with Crippen molar-refractivity contribution in [1.82, 2.24) is 4.57 Å². The van der Waals surface area contributed by atoms with E-state index in [4.69, 9.17) is 0 Å². The molecule has 76 heavy (non-hydrogen) atoms. The highest BCUT2D eigenvalue weighted by Crippen LogP contribution is 2.51. The van der Waals surface area contributed by atoms with Crippen molar-refractivity contribution in [3.05, 3.63) is 229 Å². The molecule has 376 valence electrons. The fourth-order valence-electron chi connectivity index (χ4n) is 11.7. The fourth-order valence-corrected chi connectivity index (χ4v) is 11.7. The summed E-state index contributed by atoms with van der Waals surface area (Å²) < 4.78 is 2.48. The van der Waals surface area contributed by atoms with Gasteiger partial charge in [0.2, 0.25) is 0 Å². The second-order valence-corrected chi connectivity index (χ2v) is 25.5. The Morgan fingerprint density at radius 1 is 0.289 bits per heavy atom. The number of benzene rings is 11. The number of hydrogen-bond donors (Lipinski definition) is 0. The van der Waals surface area contributed by atoms with Crippen molar-refractivity contribution in [3.8, 4) is 39.1 Å². The van der Waals surface area contributed by atoms with Crippen molar-refractivity contribution < 1.29 is 0 Å². The molecule has 12 aromatic rings. The molecule has 0 aliphatic heterocycles. The van der Waals surface area contributed by atoms with Crippen LogP contribution in [0.1, 0.15) is 105 Å². The Kier molecular flexibility index (Phi) is 11.5. The van der Waals surface area contributed by atoms with Crippen LogP contribution in [0.3, 0.4) is 0 Å². The van der Waals surface area contributed by atoms with Gasteiger partial charge >= 0.3 is 0 Å². The van der Waals surface area contributed by atoms with E-state index in [1.165, 1.54) is 115 Å². The lowest BCUT2D eigenvalue weighted by molar-refractivity contribution is 0.569. The largest absolute Gasteiger partial charge is 0.309 e. The summed E-state index contributed by atoms with van der Waals surface area (Å²) in [6, 6.07) is 78.6. The molecule has 0 spiro atoms. The van der Waals surface area contributed by atoms with E-state index in [0.29, 0.717) is 0 Å². The maximum Gasteiger partial charge on any atom is 0.0541 e. The number of anilines is 3. The molecule has 0 bridgehead atoms. The van der Waals surface area contributed by atoms with Gasteiger partial charge in [0.25, 0.3) is 0 Å². The molecule has 0 amide bonds. The summed E-state index contributed by atoms with van der Waals surface area (Å²) >= 11 is 0. The standard InChI is InChI=1S/C74H70N2/c1-71(2,3)53-35-29-49(30-36-53)62-46-54(72(4,5)6)37-42-68(62)75(63-22-16-13-19-57(63)48-27-25-47(26-28-48)52-43-55(73(7,8)9)45-56(44-52)74(10,11)12)66-40-33-50-32-39-61-67(41-34-51-31-38-60(66)69(50)70(51)61)76-64-23-17-14-20-58(64)59-21-15-18-24-65(59)76/h13-46H,1-12H3. The van der Waals surface area contributed by atoms with Gasteiger partial charge < -0.3 is 9.47 Å². The van der Waals surface area contributed by atoms with Crippen LogP contribution in [-0.4, -0.2) is 4.57 Å². The summed E-state index contributed by atoms with van der Waals surface area (Å²) in [5.41, 5.74) is 19.6. The first kappa shape index (κ1) is 49.0. The number of nitrogens with zero attached hydrogens (tertiary/aromatic N) is 2. The van der Waals surface area contributed by atoms with Gasteiger partial charge in [-0.2, -0.15) is 0 Å². The molecule has 1 heterocycles. The van der Waals surface area contributed by atoms with Crippen LogP contribution >= 0.6 is 0 Å². The fraction of sp³-hybridized carbons (Fsp3) is 0.216. The Balaban J connectivity index is 1.11.